The summed E-state index contributed by atoms with van der Waals surface area (Å²) in [5.74, 6) is -1.10. The van der Waals surface area contributed by atoms with Crippen molar-refractivity contribution in [1.82, 2.24) is 5.32 Å². The Morgan fingerprint density at radius 2 is 1.92 bits per heavy atom. The molecule has 0 aliphatic carbocycles. The van der Waals surface area contributed by atoms with Crippen molar-refractivity contribution in [1.29, 1.82) is 0 Å². The SMILES string of the molecule is Cc1cccc(OCCNC(=O)CNc2ccc(F)c(C(F)(F)F)c2)c1. The number of nitrogens with one attached hydrogen (secondary N) is 2. The zero-order valence-corrected chi connectivity index (χ0v) is 14.0. The number of halogens is 4. The first-order valence-electron chi connectivity index (χ1n) is 7.82. The molecule has 2 aromatic rings. The van der Waals surface area contributed by atoms with Gasteiger partial charge in [-0.3, -0.25) is 4.79 Å². The van der Waals surface area contributed by atoms with Gasteiger partial charge in [-0.25, -0.2) is 4.39 Å². The maximum atomic E-state index is 13.2. The molecule has 0 aliphatic rings. The van der Waals surface area contributed by atoms with Crippen LogP contribution >= 0.6 is 0 Å². The first kappa shape index (κ1) is 19.6. The molecule has 0 spiro atoms. The average molecular weight is 370 g/mol. The highest BCUT2D eigenvalue weighted by Crippen LogP contribution is 2.32. The van der Waals surface area contributed by atoms with Crippen molar-refractivity contribution in [2.45, 2.75) is 13.1 Å². The molecule has 0 saturated carbocycles. The highest BCUT2D eigenvalue weighted by molar-refractivity contribution is 5.80. The molecule has 0 atom stereocenters. The van der Waals surface area contributed by atoms with Crippen LogP contribution in [-0.4, -0.2) is 25.6 Å². The first-order valence-corrected chi connectivity index (χ1v) is 7.82. The third-order valence-electron chi connectivity index (χ3n) is 3.41. The topological polar surface area (TPSA) is 50.4 Å². The second kappa shape index (κ2) is 8.55. The molecular formula is C18H18F4N2O2. The van der Waals surface area contributed by atoms with E-state index < -0.39 is 23.5 Å². The van der Waals surface area contributed by atoms with Gasteiger partial charge >= 0.3 is 6.18 Å². The molecule has 8 heteroatoms. The minimum atomic E-state index is -4.79. The van der Waals surface area contributed by atoms with Gasteiger partial charge in [0, 0.05) is 5.69 Å². The van der Waals surface area contributed by atoms with E-state index in [4.69, 9.17) is 4.74 Å². The number of benzene rings is 2. The van der Waals surface area contributed by atoms with E-state index in [1.165, 1.54) is 0 Å². The van der Waals surface area contributed by atoms with Crippen LogP contribution in [0, 0.1) is 12.7 Å². The van der Waals surface area contributed by atoms with Gasteiger partial charge in [-0.15, -0.1) is 0 Å². The summed E-state index contributed by atoms with van der Waals surface area (Å²) in [5, 5.41) is 5.10. The van der Waals surface area contributed by atoms with Crippen LogP contribution in [-0.2, 0) is 11.0 Å². The van der Waals surface area contributed by atoms with E-state index >= 15 is 0 Å². The lowest BCUT2D eigenvalue weighted by Crippen LogP contribution is -2.33. The van der Waals surface area contributed by atoms with Crippen molar-refractivity contribution < 1.29 is 27.1 Å². The molecule has 0 saturated heterocycles. The van der Waals surface area contributed by atoms with Crippen molar-refractivity contribution in [3.8, 4) is 5.75 Å². The number of hydrogen-bond acceptors (Lipinski definition) is 3. The molecule has 0 heterocycles. The van der Waals surface area contributed by atoms with Gasteiger partial charge in [-0.2, -0.15) is 13.2 Å². The number of carbonyl (C=O) groups excluding carboxylic acids is 1. The molecule has 2 rings (SSSR count). The molecule has 0 bridgehead atoms. The average Bonchev–Trinajstić information content (AvgIpc) is 2.57. The van der Waals surface area contributed by atoms with Crippen LogP contribution in [0.2, 0.25) is 0 Å². The molecule has 0 unspecified atom stereocenters. The van der Waals surface area contributed by atoms with Crippen LogP contribution in [0.4, 0.5) is 23.2 Å². The molecule has 1 amide bonds. The van der Waals surface area contributed by atoms with Crippen LogP contribution in [0.5, 0.6) is 5.75 Å². The zero-order chi connectivity index (χ0) is 19.2. The standard InChI is InChI=1S/C18H18F4N2O2/c1-12-3-2-4-14(9-12)26-8-7-23-17(25)11-24-13-5-6-16(19)15(10-13)18(20,21)22/h2-6,9-10,24H,7-8,11H2,1H3,(H,23,25). The third-order valence-corrected chi connectivity index (χ3v) is 3.41. The van der Waals surface area contributed by atoms with E-state index in [-0.39, 0.29) is 25.4 Å². The summed E-state index contributed by atoms with van der Waals surface area (Å²) in [7, 11) is 0. The van der Waals surface area contributed by atoms with Crippen molar-refractivity contribution in [2.75, 3.05) is 25.0 Å². The number of ether oxygens (including phenoxy) is 1. The van der Waals surface area contributed by atoms with E-state index in [1.807, 2.05) is 25.1 Å². The molecule has 0 aliphatic heterocycles. The Kier molecular flexibility index (Phi) is 6.43. The molecule has 140 valence electrons. The van der Waals surface area contributed by atoms with Gasteiger partial charge in [0.15, 0.2) is 0 Å². The number of amides is 1. The minimum Gasteiger partial charge on any atom is -0.492 e. The zero-order valence-electron chi connectivity index (χ0n) is 14.0. The van der Waals surface area contributed by atoms with Crippen LogP contribution in [0.1, 0.15) is 11.1 Å². The van der Waals surface area contributed by atoms with Crippen molar-refractivity contribution >= 4 is 11.6 Å². The van der Waals surface area contributed by atoms with Crippen LogP contribution in [0.3, 0.4) is 0 Å². The van der Waals surface area contributed by atoms with Crippen LogP contribution in [0.25, 0.3) is 0 Å². The Morgan fingerprint density at radius 3 is 2.62 bits per heavy atom. The number of rotatable bonds is 7. The molecule has 4 nitrogen and oxygen atoms in total. The molecular weight excluding hydrogens is 352 g/mol. The van der Waals surface area contributed by atoms with E-state index in [9.17, 15) is 22.4 Å². The van der Waals surface area contributed by atoms with E-state index in [1.54, 1.807) is 6.07 Å². The Bertz CT molecular complexity index is 763. The fraction of sp³-hybridized carbons (Fsp3) is 0.278. The highest BCUT2D eigenvalue weighted by Gasteiger charge is 2.34. The molecule has 2 aromatic carbocycles. The van der Waals surface area contributed by atoms with E-state index in [2.05, 4.69) is 10.6 Å². The molecule has 0 aromatic heterocycles. The maximum absolute atomic E-state index is 13.2. The summed E-state index contributed by atoms with van der Waals surface area (Å²) in [6.45, 7) is 2.18. The van der Waals surface area contributed by atoms with Gasteiger partial charge in [0.05, 0.1) is 18.7 Å². The molecule has 26 heavy (non-hydrogen) atoms. The van der Waals surface area contributed by atoms with Crippen LogP contribution < -0.4 is 15.4 Å². The fourth-order valence-corrected chi connectivity index (χ4v) is 2.16. The van der Waals surface area contributed by atoms with Gasteiger partial charge in [0.2, 0.25) is 5.91 Å². The van der Waals surface area contributed by atoms with Crippen molar-refractivity contribution in [3.05, 3.63) is 59.4 Å². The molecule has 0 radical (unpaired) electrons. The number of hydrogen-bond donors (Lipinski definition) is 2. The van der Waals surface area contributed by atoms with Gasteiger partial charge in [0.1, 0.15) is 18.2 Å². The second-order valence-corrected chi connectivity index (χ2v) is 5.56. The summed E-state index contributed by atoms with van der Waals surface area (Å²) in [6.07, 6.45) is -4.79. The minimum absolute atomic E-state index is 0.00452. The predicted molar refractivity (Wildman–Crippen MR) is 89.6 cm³/mol. The van der Waals surface area contributed by atoms with Gasteiger partial charge < -0.3 is 15.4 Å². The third kappa shape index (κ3) is 5.94. The van der Waals surface area contributed by atoms with Crippen molar-refractivity contribution in [2.24, 2.45) is 0 Å². The lowest BCUT2D eigenvalue weighted by Gasteiger charge is -2.12. The lowest BCUT2D eigenvalue weighted by molar-refractivity contribution is -0.139. The number of aryl methyl sites for hydroxylation is 1. The summed E-state index contributed by atoms with van der Waals surface area (Å²) < 4.78 is 56.6. The van der Waals surface area contributed by atoms with Gasteiger partial charge in [-0.05, 0) is 42.8 Å². The summed E-state index contributed by atoms with van der Waals surface area (Å²) >= 11 is 0. The second-order valence-electron chi connectivity index (χ2n) is 5.56. The molecule has 2 N–H and O–H groups in total. The van der Waals surface area contributed by atoms with Crippen molar-refractivity contribution in [3.63, 3.8) is 0 Å². The monoisotopic (exact) mass is 370 g/mol. The number of anilines is 1. The Morgan fingerprint density at radius 1 is 1.15 bits per heavy atom. The van der Waals surface area contributed by atoms with Gasteiger partial charge in [-0.1, -0.05) is 12.1 Å². The Balaban J connectivity index is 1.75. The Hall–Kier alpha value is -2.77. The van der Waals surface area contributed by atoms with Gasteiger partial charge in [0.25, 0.3) is 0 Å². The maximum Gasteiger partial charge on any atom is 0.419 e. The normalized spacial score (nSPS) is 11.1. The van der Waals surface area contributed by atoms with E-state index in [0.717, 1.165) is 11.6 Å². The summed E-state index contributed by atoms with van der Waals surface area (Å²) in [4.78, 5) is 11.7. The highest BCUT2D eigenvalue weighted by atomic mass is 19.4. The first-order chi connectivity index (χ1) is 12.3. The number of alkyl halides is 3. The fourth-order valence-electron chi connectivity index (χ4n) is 2.16. The molecule has 0 fully saturated rings. The van der Waals surface area contributed by atoms with E-state index in [0.29, 0.717) is 17.9 Å². The lowest BCUT2D eigenvalue weighted by atomic mass is 10.2. The summed E-state index contributed by atoms with van der Waals surface area (Å²) in [6, 6.07) is 9.91. The van der Waals surface area contributed by atoms with Crippen LogP contribution in [0.15, 0.2) is 42.5 Å². The number of carbonyl (C=O) groups is 1. The smallest absolute Gasteiger partial charge is 0.419 e. The largest absolute Gasteiger partial charge is 0.492 e. The quantitative estimate of drug-likeness (QED) is 0.576. The Labute approximate surface area is 148 Å². The predicted octanol–water partition coefficient (Wildman–Crippen LogP) is 3.76. The summed E-state index contributed by atoms with van der Waals surface area (Å²) in [5.41, 5.74) is -0.326.